The Balaban J connectivity index is 3.54. The normalized spacial score (nSPS) is 10.9. The third kappa shape index (κ3) is 7.07. The summed E-state index contributed by atoms with van der Waals surface area (Å²) in [6, 6.07) is 0. The quantitative estimate of drug-likeness (QED) is 0.569. The van der Waals surface area contributed by atoms with Crippen LogP contribution in [0.4, 0.5) is 0 Å². The molecular weight excluding hydrogens is 174 g/mol. The van der Waals surface area contributed by atoms with Crippen molar-refractivity contribution < 1.29 is 4.79 Å². The second-order valence-electron chi connectivity index (χ2n) is 3.84. The fourth-order valence-corrected chi connectivity index (χ4v) is 1.64. The van der Waals surface area contributed by atoms with Gasteiger partial charge in [0.1, 0.15) is 5.78 Å². The molecule has 0 fully saturated rings. The minimum atomic E-state index is 0.401. The highest BCUT2D eigenvalue weighted by Crippen LogP contribution is 2.00. The van der Waals surface area contributed by atoms with Crippen LogP contribution in [0.1, 0.15) is 52.9 Å². The molecule has 0 aliphatic heterocycles. The molecule has 0 aromatic carbocycles. The lowest BCUT2D eigenvalue weighted by Crippen LogP contribution is -2.26. The summed E-state index contributed by atoms with van der Waals surface area (Å²) in [5, 5.41) is 0. The monoisotopic (exact) mass is 199 g/mol. The smallest absolute Gasteiger partial charge is 0.132 e. The number of carbonyl (C=O) groups excluding carboxylic acids is 1. The van der Waals surface area contributed by atoms with E-state index < -0.39 is 0 Å². The van der Waals surface area contributed by atoms with Crippen LogP contribution in [-0.2, 0) is 4.79 Å². The largest absolute Gasteiger partial charge is 0.303 e. The number of rotatable bonds is 9. The highest BCUT2D eigenvalue weighted by Gasteiger charge is 2.03. The Hall–Kier alpha value is -0.370. The molecule has 0 amide bonds. The van der Waals surface area contributed by atoms with Gasteiger partial charge in [-0.1, -0.05) is 20.8 Å². The summed E-state index contributed by atoms with van der Waals surface area (Å²) < 4.78 is 0. The number of Topliss-reactive ketones (excluding diaryl/α,β-unsaturated/α-hetero) is 1. The average Bonchev–Trinajstić information content (AvgIpc) is 2.18. The molecule has 0 atom stereocenters. The van der Waals surface area contributed by atoms with E-state index in [1.54, 1.807) is 0 Å². The second-order valence-corrected chi connectivity index (χ2v) is 3.84. The molecule has 0 N–H and O–H groups in total. The molecule has 2 heteroatoms. The van der Waals surface area contributed by atoms with E-state index in [1.165, 1.54) is 25.9 Å². The molecule has 0 spiro atoms. The number of ketones is 1. The van der Waals surface area contributed by atoms with Gasteiger partial charge in [0.25, 0.3) is 0 Å². The van der Waals surface area contributed by atoms with E-state index in [0.29, 0.717) is 12.2 Å². The summed E-state index contributed by atoms with van der Waals surface area (Å²) in [7, 11) is 0. The number of hydrogen-bond acceptors (Lipinski definition) is 2. The first-order valence-electron chi connectivity index (χ1n) is 5.98. The van der Waals surface area contributed by atoms with Crippen molar-refractivity contribution in [3.63, 3.8) is 0 Å². The van der Waals surface area contributed by atoms with Crippen LogP contribution < -0.4 is 0 Å². The summed E-state index contributed by atoms with van der Waals surface area (Å²) >= 11 is 0. The van der Waals surface area contributed by atoms with E-state index in [0.717, 1.165) is 19.4 Å². The molecular formula is C12H25NO. The van der Waals surface area contributed by atoms with Crippen molar-refractivity contribution in [3.8, 4) is 0 Å². The Morgan fingerprint density at radius 3 is 2.00 bits per heavy atom. The summed E-state index contributed by atoms with van der Waals surface area (Å²) in [5.41, 5.74) is 0. The van der Waals surface area contributed by atoms with E-state index in [1.807, 2.05) is 6.92 Å². The van der Waals surface area contributed by atoms with Crippen molar-refractivity contribution in [1.29, 1.82) is 0 Å². The number of hydrogen-bond donors (Lipinski definition) is 0. The van der Waals surface area contributed by atoms with Crippen molar-refractivity contribution in [2.45, 2.75) is 52.9 Å². The Morgan fingerprint density at radius 2 is 1.57 bits per heavy atom. The van der Waals surface area contributed by atoms with E-state index in [2.05, 4.69) is 18.7 Å². The molecule has 0 aromatic heterocycles. The lowest BCUT2D eigenvalue weighted by atomic mass is 10.2. The number of nitrogens with zero attached hydrogens (tertiary/aromatic N) is 1. The molecule has 0 heterocycles. The fourth-order valence-electron chi connectivity index (χ4n) is 1.64. The molecule has 0 unspecified atom stereocenters. The Bertz CT molecular complexity index is 139. The Morgan fingerprint density at radius 1 is 1.00 bits per heavy atom. The first kappa shape index (κ1) is 13.6. The minimum Gasteiger partial charge on any atom is -0.303 e. The Kier molecular flexibility index (Phi) is 8.95. The van der Waals surface area contributed by atoms with Gasteiger partial charge in [-0.2, -0.15) is 0 Å². The second kappa shape index (κ2) is 9.20. The van der Waals surface area contributed by atoms with Gasteiger partial charge in [0, 0.05) is 12.8 Å². The molecule has 0 saturated carbocycles. The van der Waals surface area contributed by atoms with Crippen molar-refractivity contribution in [1.82, 2.24) is 4.90 Å². The fraction of sp³-hybridized carbons (Fsp3) is 0.917. The molecule has 84 valence electrons. The van der Waals surface area contributed by atoms with Gasteiger partial charge in [-0.25, -0.2) is 0 Å². The van der Waals surface area contributed by atoms with Gasteiger partial charge in [-0.3, -0.25) is 4.79 Å². The maximum Gasteiger partial charge on any atom is 0.132 e. The van der Waals surface area contributed by atoms with E-state index in [4.69, 9.17) is 0 Å². The topological polar surface area (TPSA) is 20.3 Å². The van der Waals surface area contributed by atoms with Gasteiger partial charge < -0.3 is 4.90 Å². The van der Waals surface area contributed by atoms with Gasteiger partial charge in [0.05, 0.1) is 0 Å². The van der Waals surface area contributed by atoms with Crippen LogP contribution in [0.5, 0.6) is 0 Å². The molecule has 0 aliphatic carbocycles. The van der Waals surface area contributed by atoms with Crippen LogP contribution in [-0.4, -0.2) is 30.3 Å². The van der Waals surface area contributed by atoms with E-state index in [9.17, 15) is 4.79 Å². The lowest BCUT2D eigenvalue weighted by Gasteiger charge is -2.20. The molecule has 0 aromatic rings. The summed E-state index contributed by atoms with van der Waals surface area (Å²) in [6.07, 6.45) is 4.91. The summed E-state index contributed by atoms with van der Waals surface area (Å²) in [4.78, 5) is 13.6. The van der Waals surface area contributed by atoms with Crippen molar-refractivity contribution in [3.05, 3.63) is 0 Å². The third-order valence-electron chi connectivity index (χ3n) is 2.40. The number of carbonyl (C=O) groups is 1. The first-order valence-corrected chi connectivity index (χ1v) is 5.98. The van der Waals surface area contributed by atoms with Crippen LogP contribution in [0.25, 0.3) is 0 Å². The molecule has 14 heavy (non-hydrogen) atoms. The van der Waals surface area contributed by atoms with E-state index >= 15 is 0 Å². The third-order valence-corrected chi connectivity index (χ3v) is 2.40. The predicted molar refractivity (Wildman–Crippen MR) is 61.6 cm³/mol. The van der Waals surface area contributed by atoms with Gasteiger partial charge >= 0.3 is 0 Å². The zero-order chi connectivity index (χ0) is 10.8. The highest BCUT2D eigenvalue weighted by molar-refractivity contribution is 5.77. The van der Waals surface area contributed by atoms with Gasteiger partial charge in [-0.15, -0.1) is 0 Å². The van der Waals surface area contributed by atoms with Crippen molar-refractivity contribution >= 4 is 5.78 Å². The SMILES string of the molecule is CCCN(CCC)CCCC(=O)CC. The maximum atomic E-state index is 11.1. The zero-order valence-corrected chi connectivity index (χ0v) is 10.0. The van der Waals surface area contributed by atoms with Gasteiger partial charge in [-0.05, 0) is 38.9 Å². The van der Waals surface area contributed by atoms with Gasteiger partial charge in [0.2, 0.25) is 0 Å². The van der Waals surface area contributed by atoms with E-state index in [-0.39, 0.29) is 0 Å². The average molecular weight is 199 g/mol. The van der Waals surface area contributed by atoms with Crippen LogP contribution in [0.3, 0.4) is 0 Å². The lowest BCUT2D eigenvalue weighted by molar-refractivity contribution is -0.118. The molecule has 0 bridgehead atoms. The van der Waals surface area contributed by atoms with Crippen molar-refractivity contribution in [2.75, 3.05) is 19.6 Å². The minimum absolute atomic E-state index is 0.401. The maximum absolute atomic E-state index is 11.1. The van der Waals surface area contributed by atoms with Crippen molar-refractivity contribution in [2.24, 2.45) is 0 Å². The molecule has 0 aliphatic rings. The molecule has 0 saturated heterocycles. The molecule has 2 nitrogen and oxygen atoms in total. The first-order chi connectivity index (χ1) is 6.74. The standard InChI is InChI=1S/C12H25NO/c1-4-9-13(10-5-2)11-7-8-12(14)6-3/h4-11H2,1-3H3. The van der Waals surface area contributed by atoms with Crippen LogP contribution >= 0.6 is 0 Å². The van der Waals surface area contributed by atoms with Gasteiger partial charge in [0.15, 0.2) is 0 Å². The highest BCUT2D eigenvalue weighted by atomic mass is 16.1. The van der Waals surface area contributed by atoms with Crippen LogP contribution in [0.15, 0.2) is 0 Å². The Labute approximate surface area is 88.7 Å². The zero-order valence-electron chi connectivity index (χ0n) is 10.0. The van der Waals surface area contributed by atoms with Crippen LogP contribution in [0.2, 0.25) is 0 Å². The van der Waals surface area contributed by atoms with Crippen LogP contribution in [0, 0.1) is 0 Å². The molecule has 0 rings (SSSR count). The summed E-state index contributed by atoms with van der Waals surface area (Å²) in [6.45, 7) is 9.80. The molecule has 0 radical (unpaired) electrons. The predicted octanol–water partition coefficient (Wildman–Crippen LogP) is 2.87. The summed E-state index contributed by atoms with van der Waals surface area (Å²) in [5.74, 6) is 0.401.